The van der Waals surface area contributed by atoms with E-state index in [0.29, 0.717) is 12.4 Å². The molecule has 2 fully saturated rings. The number of likely N-dealkylation sites (N-methyl/N-ethyl adjacent to an activating group) is 1. The van der Waals surface area contributed by atoms with Crippen LogP contribution in [0.25, 0.3) is 0 Å². The van der Waals surface area contributed by atoms with Crippen molar-refractivity contribution in [3.05, 3.63) is 28.3 Å². The summed E-state index contributed by atoms with van der Waals surface area (Å²) >= 11 is 0. The van der Waals surface area contributed by atoms with Gasteiger partial charge in [0.1, 0.15) is 5.75 Å². The summed E-state index contributed by atoms with van der Waals surface area (Å²) < 4.78 is 6.01. The molecule has 3 rings (SSSR count). The Hall–Kier alpha value is -1.82. The largest absolute Gasteiger partial charge is 0.491 e. The van der Waals surface area contributed by atoms with Crippen molar-refractivity contribution in [2.45, 2.75) is 32.1 Å². The van der Waals surface area contributed by atoms with Gasteiger partial charge in [-0.25, -0.2) is 0 Å². The number of hydrogen-bond acceptors (Lipinski definition) is 5. The van der Waals surface area contributed by atoms with Crippen LogP contribution in [0.1, 0.15) is 32.1 Å². The van der Waals surface area contributed by atoms with E-state index in [-0.39, 0.29) is 10.6 Å². The van der Waals surface area contributed by atoms with Gasteiger partial charge in [0, 0.05) is 32.2 Å². The Morgan fingerprint density at radius 1 is 1.21 bits per heavy atom. The third-order valence-corrected chi connectivity index (χ3v) is 5.26. The Balaban J connectivity index is 1.70. The van der Waals surface area contributed by atoms with E-state index in [1.165, 1.54) is 25.7 Å². The molecule has 1 saturated carbocycles. The lowest BCUT2D eigenvalue weighted by Gasteiger charge is -2.34. The molecule has 0 aromatic heterocycles. The number of rotatable bonds is 6. The highest BCUT2D eigenvalue weighted by molar-refractivity contribution is 5.62. The van der Waals surface area contributed by atoms with E-state index in [9.17, 15) is 10.1 Å². The maximum absolute atomic E-state index is 11.1. The second-order valence-electron chi connectivity index (χ2n) is 6.99. The van der Waals surface area contributed by atoms with Crippen LogP contribution in [0, 0.1) is 16.0 Å². The van der Waals surface area contributed by atoms with Crippen LogP contribution in [0.4, 0.5) is 11.4 Å². The highest BCUT2D eigenvalue weighted by Gasteiger charge is 2.21. The maximum atomic E-state index is 11.1. The zero-order valence-corrected chi connectivity index (χ0v) is 14.4. The molecular weight excluding hydrogens is 306 g/mol. The number of nitro benzene ring substituents is 1. The monoisotopic (exact) mass is 333 g/mol. The number of anilines is 1. The van der Waals surface area contributed by atoms with Gasteiger partial charge < -0.3 is 14.5 Å². The predicted molar refractivity (Wildman–Crippen MR) is 94.9 cm³/mol. The molecule has 2 aliphatic rings. The first-order valence-electron chi connectivity index (χ1n) is 8.98. The zero-order chi connectivity index (χ0) is 16.9. The van der Waals surface area contributed by atoms with Crippen molar-refractivity contribution in [2.24, 2.45) is 5.92 Å². The summed E-state index contributed by atoms with van der Waals surface area (Å²) in [4.78, 5) is 15.3. The van der Waals surface area contributed by atoms with E-state index in [0.717, 1.165) is 44.2 Å². The molecule has 0 bridgehead atoms. The van der Waals surface area contributed by atoms with Crippen LogP contribution in [0.2, 0.25) is 0 Å². The first-order chi connectivity index (χ1) is 11.6. The Labute approximate surface area is 143 Å². The number of non-ortho nitro benzene ring substituents is 1. The summed E-state index contributed by atoms with van der Waals surface area (Å²) in [5.41, 5.74) is 1.09. The van der Waals surface area contributed by atoms with Gasteiger partial charge in [-0.05, 0) is 25.5 Å². The van der Waals surface area contributed by atoms with Crippen LogP contribution in [0.15, 0.2) is 18.2 Å². The minimum atomic E-state index is -0.350. The van der Waals surface area contributed by atoms with E-state index in [2.05, 4.69) is 16.8 Å². The third-order valence-electron chi connectivity index (χ3n) is 5.26. The predicted octanol–water partition coefficient (Wildman–Crippen LogP) is 3.31. The van der Waals surface area contributed by atoms with Gasteiger partial charge in [0.15, 0.2) is 0 Å². The number of hydrogen-bond donors (Lipinski definition) is 0. The Bertz CT molecular complexity index is 565. The van der Waals surface area contributed by atoms with Crippen LogP contribution in [0.5, 0.6) is 5.75 Å². The average molecular weight is 333 g/mol. The highest BCUT2D eigenvalue weighted by Crippen LogP contribution is 2.34. The summed E-state index contributed by atoms with van der Waals surface area (Å²) in [5.74, 6) is 1.42. The molecule has 1 aromatic rings. The molecule has 0 N–H and O–H groups in total. The van der Waals surface area contributed by atoms with Crippen molar-refractivity contribution in [2.75, 3.05) is 44.7 Å². The van der Waals surface area contributed by atoms with Gasteiger partial charge in [0.25, 0.3) is 5.69 Å². The molecule has 24 heavy (non-hydrogen) atoms. The van der Waals surface area contributed by atoms with Crippen molar-refractivity contribution in [1.29, 1.82) is 0 Å². The molecule has 0 spiro atoms. The average Bonchev–Trinajstić information content (AvgIpc) is 3.09. The first-order valence-corrected chi connectivity index (χ1v) is 8.98. The van der Waals surface area contributed by atoms with Crippen LogP contribution < -0.4 is 9.64 Å². The van der Waals surface area contributed by atoms with E-state index < -0.39 is 0 Å². The van der Waals surface area contributed by atoms with E-state index >= 15 is 0 Å². The van der Waals surface area contributed by atoms with Crippen LogP contribution >= 0.6 is 0 Å². The molecular formula is C18H27N3O3. The van der Waals surface area contributed by atoms with Crippen LogP contribution in [-0.4, -0.2) is 49.7 Å². The van der Waals surface area contributed by atoms with Crippen molar-refractivity contribution in [1.82, 2.24) is 4.90 Å². The third kappa shape index (κ3) is 4.17. The van der Waals surface area contributed by atoms with E-state index in [4.69, 9.17) is 4.74 Å². The van der Waals surface area contributed by atoms with Crippen molar-refractivity contribution in [3.63, 3.8) is 0 Å². The fraction of sp³-hybridized carbons (Fsp3) is 0.667. The molecule has 132 valence electrons. The molecule has 1 aliphatic heterocycles. The number of piperazine rings is 1. The van der Waals surface area contributed by atoms with Crippen molar-refractivity contribution < 1.29 is 9.66 Å². The fourth-order valence-electron chi connectivity index (χ4n) is 3.68. The van der Waals surface area contributed by atoms with Gasteiger partial charge >= 0.3 is 0 Å². The Morgan fingerprint density at radius 2 is 1.92 bits per heavy atom. The summed E-state index contributed by atoms with van der Waals surface area (Å²) in [6.45, 7) is 4.49. The second-order valence-corrected chi connectivity index (χ2v) is 6.99. The lowest BCUT2D eigenvalue weighted by atomic mass is 10.1. The lowest BCUT2D eigenvalue weighted by molar-refractivity contribution is -0.384. The quantitative estimate of drug-likeness (QED) is 0.590. The van der Waals surface area contributed by atoms with Gasteiger partial charge in [-0.1, -0.05) is 25.7 Å². The second kappa shape index (κ2) is 7.83. The summed E-state index contributed by atoms with van der Waals surface area (Å²) in [7, 11) is 2.12. The van der Waals surface area contributed by atoms with E-state index in [1.54, 1.807) is 12.1 Å². The summed E-state index contributed by atoms with van der Waals surface area (Å²) in [6.07, 6.45) is 6.29. The lowest BCUT2D eigenvalue weighted by Crippen LogP contribution is -2.44. The number of nitrogens with zero attached hydrogens (tertiary/aromatic N) is 3. The minimum Gasteiger partial charge on any atom is -0.491 e. The van der Waals surface area contributed by atoms with Crippen molar-refractivity contribution in [3.8, 4) is 5.75 Å². The Morgan fingerprint density at radius 3 is 2.58 bits per heavy atom. The smallest absolute Gasteiger partial charge is 0.273 e. The molecule has 1 saturated heterocycles. The molecule has 6 nitrogen and oxygen atoms in total. The molecule has 6 heteroatoms. The summed E-state index contributed by atoms with van der Waals surface area (Å²) in [5, 5.41) is 11.1. The van der Waals surface area contributed by atoms with Gasteiger partial charge in [-0.3, -0.25) is 10.1 Å². The minimum absolute atomic E-state index is 0.101. The zero-order valence-electron chi connectivity index (χ0n) is 14.4. The van der Waals surface area contributed by atoms with Crippen LogP contribution in [-0.2, 0) is 0 Å². The Kier molecular flexibility index (Phi) is 5.56. The maximum Gasteiger partial charge on any atom is 0.273 e. The molecule has 0 atom stereocenters. The van der Waals surface area contributed by atoms with E-state index in [1.807, 2.05) is 6.07 Å². The summed E-state index contributed by atoms with van der Waals surface area (Å²) in [6, 6.07) is 5.01. The number of ether oxygens (including phenoxy) is 1. The molecule has 1 heterocycles. The molecule has 0 radical (unpaired) electrons. The van der Waals surface area contributed by atoms with Gasteiger partial charge in [-0.2, -0.15) is 0 Å². The van der Waals surface area contributed by atoms with Gasteiger partial charge in [0.05, 0.1) is 23.3 Å². The first kappa shape index (κ1) is 17.0. The molecule has 1 aliphatic carbocycles. The fourth-order valence-corrected chi connectivity index (χ4v) is 3.68. The van der Waals surface area contributed by atoms with Crippen molar-refractivity contribution >= 4 is 11.4 Å². The molecule has 0 amide bonds. The van der Waals surface area contributed by atoms with Gasteiger partial charge in [-0.15, -0.1) is 0 Å². The standard InChI is InChI=1S/C18H27N3O3/c1-19-9-11-20(12-10-19)17-7-6-16(21(22)23)14-18(17)24-13-8-15-4-2-3-5-15/h6-7,14-15H,2-5,8-13H2,1H3. The van der Waals surface area contributed by atoms with Crippen LogP contribution in [0.3, 0.4) is 0 Å². The SMILES string of the molecule is CN1CCN(c2ccc([N+](=O)[O-])cc2OCCC2CCCC2)CC1. The van der Waals surface area contributed by atoms with Gasteiger partial charge in [0.2, 0.25) is 0 Å². The normalized spacial score (nSPS) is 19.6. The number of benzene rings is 1. The number of nitro groups is 1. The molecule has 0 unspecified atom stereocenters. The topological polar surface area (TPSA) is 58.9 Å². The highest BCUT2D eigenvalue weighted by atomic mass is 16.6. The molecule has 1 aromatic carbocycles.